The van der Waals surface area contributed by atoms with Crippen molar-refractivity contribution in [2.75, 3.05) is 7.11 Å². The molecule has 0 bridgehead atoms. The van der Waals surface area contributed by atoms with E-state index in [0.717, 1.165) is 12.0 Å². The number of aromatic nitrogens is 1. The van der Waals surface area contributed by atoms with Crippen LogP contribution in [0, 0.1) is 0 Å². The average Bonchev–Trinajstić information content (AvgIpc) is 2.73. The minimum absolute atomic E-state index is 0.0136. The summed E-state index contributed by atoms with van der Waals surface area (Å²) in [5.74, 6) is 0.511. The number of carbonyl (C=O) groups excluding carboxylic acids is 1. The van der Waals surface area contributed by atoms with Gasteiger partial charge in [-0.05, 0) is 42.7 Å². The number of ketones is 1. The molecule has 0 aliphatic heterocycles. The molecule has 0 spiro atoms. The highest BCUT2D eigenvalue weighted by atomic mass is 35.5. The summed E-state index contributed by atoms with van der Waals surface area (Å²) in [6.07, 6.45) is 2.80. The van der Waals surface area contributed by atoms with E-state index in [1.54, 1.807) is 43.0 Å². The topological polar surface area (TPSA) is 48.3 Å². The predicted octanol–water partition coefficient (Wildman–Crippen LogP) is 5.57. The van der Waals surface area contributed by atoms with Crippen LogP contribution in [-0.4, -0.2) is 17.5 Å². The molecule has 0 aliphatic rings. The number of pyridine rings is 1. The fourth-order valence-electron chi connectivity index (χ4n) is 3.47. The molecular formula is C24H24ClNO3. The number of hydrogen-bond acceptors (Lipinski definition) is 3. The van der Waals surface area contributed by atoms with Crippen molar-refractivity contribution in [1.29, 1.82) is 0 Å². The first-order valence-electron chi connectivity index (χ1n) is 9.61. The van der Waals surface area contributed by atoms with E-state index < -0.39 is 0 Å². The Morgan fingerprint density at radius 2 is 1.83 bits per heavy atom. The second-order valence-corrected chi connectivity index (χ2v) is 7.44. The maximum atomic E-state index is 12.9. The molecule has 0 saturated heterocycles. The molecule has 1 aromatic heterocycles. The third kappa shape index (κ3) is 4.60. The predicted molar refractivity (Wildman–Crippen MR) is 117 cm³/mol. The molecule has 0 radical (unpaired) electrons. The second-order valence-electron chi connectivity index (χ2n) is 7.01. The molecular weight excluding hydrogens is 386 g/mol. The zero-order valence-electron chi connectivity index (χ0n) is 16.8. The van der Waals surface area contributed by atoms with Gasteiger partial charge in [0.15, 0.2) is 5.78 Å². The SMILES string of the molecule is CCC(=O)c1ccc(Cl)cc1-c1cc(=O)n(C(C)Cc2ccccc2)cc1OC. The van der Waals surface area contributed by atoms with Gasteiger partial charge in [-0.2, -0.15) is 0 Å². The van der Waals surface area contributed by atoms with Crippen LogP contribution in [0.25, 0.3) is 11.1 Å². The van der Waals surface area contributed by atoms with E-state index in [-0.39, 0.29) is 17.4 Å². The highest BCUT2D eigenvalue weighted by Gasteiger charge is 2.18. The molecule has 0 N–H and O–H groups in total. The van der Waals surface area contributed by atoms with Crippen molar-refractivity contribution in [2.45, 2.75) is 32.7 Å². The minimum Gasteiger partial charge on any atom is -0.495 e. The summed E-state index contributed by atoms with van der Waals surface area (Å²) in [5.41, 5.74) is 2.71. The van der Waals surface area contributed by atoms with E-state index >= 15 is 0 Å². The van der Waals surface area contributed by atoms with Gasteiger partial charge >= 0.3 is 0 Å². The first-order chi connectivity index (χ1) is 13.9. The molecule has 0 aliphatic carbocycles. The molecule has 0 fully saturated rings. The van der Waals surface area contributed by atoms with E-state index in [0.29, 0.717) is 33.9 Å². The smallest absolute Gasteiger partial charge is 0.251 e. The van der Waals surface area contributed by atoms with Crippen LogP contribution in [0.1, 0.15) is 42.2 Å². The number of halogens is 1. The normalized spacial score (nSPS) is 11.9. The average molecular weight is 410 g/mol. The molecule has 5 heteroatoms. The summed E-state index contributed by atoms with van der Waals surface area (Å²) in [5, 5.41) is 0.497. The summed E-state index contributed by atoms with van der Waals surface area (Å²) in [7, 11) is 1.56. The van der Waals surface area contributed by atoms with Crippen molar-refractivity contribution in [3.63, 3.8) is 0 Å². The third-order valence-corrected chi connectivity index (χ3v) is 5.24. The molecule has 150 valence electrons. The van der Waals surface area contributed by atoms with E-state index in [9.17, 15) is 9.59 Å². The Kier molecular flexibility index (Phi) is 6.55. The lowest BCUT2D eigenvalue weighted by Gasteiger charge is -2.19. The lowest BCUT2D eigenvalue weighted by molar-refractivity contribution is 0.0989. The Morgan fingerprint density at radius 1 is 1.10 bits per heavy atom. The van der Waals surface area contributed by atoms with Crippen LogP contribution in [0.3, 0.4) is 0 Å². The number of Topliss-reactive ketones (excluding diaryl/α,β-unsaturated/α-hetero) is 1. The zero-order chi connectivity index (χ0) is 21.0. The van der Waals surface area contributed by atoms with Gasteiger partial charge in [0, 0.05) is 34.7 Å². The van der Waals surface area contributed by atoms with Crippen molar-refractivity contribution < 1.29 is 9.53 Å². The third-order valence-electron chi connectivity index (χ3n) is 5.01. The van der Waals surface area contributed by atoms with Gasteiger partial charge in [0.25, 0.3) is 5.56 Å². The quantitative estimate of drug-likeness (QED) is 0.479. The summed E-state index contributed by atoms with van der Waals surface area (Å²) in [6, 6.07) is 16.6. The number of ether oxygens (including phenoxy) is 1. The second kappa shape index (κ2) is 9.10. The summed E-state index contributed by atoms with van der Waals surface area (Å²) < 4.78 is 7.26. The number of benzene rings is 2. The largest absolute Gasteiger partial charge is 0.495 e. The highest BCUT2D eigenvalue weighted by Crippen LogP contribution is 2.34. The molecule has 1 unspecified atom stereocenters. The van der Waals surface area contributed by atoms with Crippen molar-refractivity contribution in [3.8, 4) is 16.9 Å². The molecule has 1 atom stereocenters. The summed E-state index contributed by atoms with van der Waals surface area (Å²) >= 11 is 6.19. The Hall–Kier alpha value is -2.85. The van der Waals surface area contributed by atoms with E-state index in [1.807, 2.05) is 37.3 Å². The van der Waals surface area contributed by atoms with Crippen LogP contribution in [0.5, 0.6) is 5.75 Å². The van der Waals surface area contributed by atoms with Crippen LogP contribution in [0.15, 0.2) is 65.6 Å². The van der Waals surface area contributed by atoms with E-state index in [2.05, 4.69) is 0 Å². The van der Waals surface area contributed by atoms with Gasteiger partial charge in [0.05, 0.1) is 13.3 Å². The number of rotatable bonds is 7. The molecule has 0 saturated carbocycles. The Bertz CT molecular complexity index is 1070. The first-order valence-corrected chi connectivity index (χ1v) is 9.99. The van der Waals surface area contributed by atoms with Crippen LogP contribution in [0.4, 0.5) is 0 Å². The maximum absolute atomic E-state index is 12.9. The highest BCUT2D eigenvalue weighted by molar-refractivity contribution is 6.31. The standard InChI is InChI=1S/C24H24ClNO3/c1-4-22(27)19-11-10-18(25)13-20(19)21-14-24(28)26(15-23(21)29-3)16(2)12-17-8-6-5-7-9-17/h5-11,13-16H,4,12H2,1-3H3. The van der Waals surface area contributed by atoms with Crippen molar-refractivity contribution in [1.82, 2.24) is 4.57 Å². The van der Waals surface area contributed by atoms with Gasteiger partial charge in [-0.25, -0.2) is 0 Å². The zero-order valence-corrected chi connectivity index (χ0v) is 17.6. The van der Waals surface area contributed by atoms with E-state index in [1.165, 1.54) is 6.07 Å². The first kappa shape index (κ1) is 20.9. The Morgan fingerprint density at radius 3 is 2.48 bits per heavy atom. The van der Waals surface area contributed by atoms with Crippen LogP contribution < -0.4 is 10.3 Å². The van der Waals surface area contributed by atoms with Gasteiger partial charge in [0.1, 0.15) is 5.75 Å². The number of carbonyl (C=O) groups is 1. The lowest BCUT2D eigenvalue weighted by Crippen LogP contribution is -2.24. The maximum Gasteiger partial charge on any atom is 0.251 e. The van der Waals surface area contributed by atoms with Crippen molar-refractivity contribution in [2.24, 2.45) is 0 Å². The minimum atomic E-state index is -0.154. The Labute approximate surface area is 175 Å². The number of hydrogen-bond donors (Lipinski definition) is 0. The van der Waals surface area contributed by atoms with Crippen LogP contribution >= 0.6 is 11.6 Å². The lowest BCUT2D eigenvalue weighted by atomic mass is 9.96. The fourth-order valence-corrected chi connectivity index (χ4v) is 3.64. The molecule has 0 amide bonds. The van der Waals surface area contributed by atoms with Crippen LogP contribution in [0.2, 0.25) is 5.02 Å². The fraction of sp³-hybridized carbons (Fsp3) is 0.250. The van der Waals surface area contributed by atoms with Crippen molar-refractivity contribution >= 4 is 17.4 Å². The Balaban J connectivity index is 2.07. The molecule has 2 aromatic carbocycles. The molecule has 4 nitrogen and oxygen atoms in total. The van der Waals surface area contributed by atoms with Crippen molar-refractivity contribution in [3.05, 3.63) is 87.3 Å². The van der Waals surface area contributed by atoms with E-state index in [4.69, 9.17) is 16.3 Å². The molecule has 1 heterocycles. The molecule has 3 rings (SSSR count). The number of nitrogens with zero attached hydrogens (tertiary/aromatic N) is 1. The van der Waals surface area contributed by atoms with Gasteiger partial charge < -0.3 is 9.30 Å². The van der Waals surface area contributed by atoms with Gasteiger partial charge in [-0.3, -0.25) is 9.59 Å². The van der Waals surface area contributed by atoms with Gasteiger partial charge in [-0.15, -0.1) is 0 Å². The monoisotopic (exact) mass is 409 g/mol. The number of methoxy groups -OCH3 is 1. The summed E-state index contributed by atoms with van der Waals surface area (Å²) in [6.45, 7) is 3.81. The molecule has 29 heavy (non-hydrogen) atoms. The summed E-state index contributed by atoms with van der Waals surface area (Å²) in [4.78, 5) is 25.4. The van der Waals surface area contributed by atoms with Gasteiger partial charge in [0.2, 0.25) is 0 Å². The van der Waals surface area contributed by atoms with Gasteiger partial charge in [-0.1, -0.05) is 48.9 Å². The molecule has 3 aromatic rings. The van der Waals surface area contributed by atoms with Crippen LogP contribution in [-0.2, 0) is 6.42 Å².